The first-order valence-electron chi connectivity index (χ1n) is 12.0. The van der Waals surface area contributed by atoms with Crippen LogP contribution in [0.25, 0.3) is 11.4 Å². The number of carbonyl (C=O) groups excluding carboxylic acids is 1. The summed E-state index contributed by atoms with van der Waals surface area (Å²) < 4.78 is 29.8. The third-order valence-electron chi connectivity index (χ3n) is 6.79. The molecule has 8 heteroatoms. The van der Waals surface area contributed by atoms with E-state index in [1.165, 1.54) is 4.31 Å². The molecule has 0 spiro atoms. The number of benzene rings is 2. The van der Waals surface area contributed by atoms with Gasteiger partial charge in [0.05, 0.1) is 10.6 Å². The molecule has 34 heavy (non-hydrogen) atoms. The van der Waals surface area contributed by atoms with Crippen molar-refractivity contribution >= 4 is 15.9 Å². The summed E-state index contributed by atoms with van der Waals surface area (Å²) in [7, 11) is -3.57. The normalized spacial score (nSPS) is 17.3. The van der Waals surface area contributed by atoms with Gasteiger partial charge in [-0.15, -0.1) is 0 Å². The molecular formula is C26H30N4O3S. The minimum Gasteiger partial charge on any atom is -0.335 e. The van der Waals surface area contributed by atoms with E-state index in [1.54, 1.807) is 29.2 Å². The van der Waals surface area contributed by atoms with Gasteiger partial charge >= 0.3 is 0 Å². The fourth-order valence-electron chi connectivity index (χ4n) is 4.84. The number of piperazine rings is 1. The van der Waals surface area contributed by atoms with Crippen molar-refractivity contribution < 1.29 is 13.2 Å². The molecule has 3 heterocycles. The Kier molecular flexibility index (Phi) is 6.27. The SMILES string of the molecule is Cc1ccc(S(=O)(=O)N2CCN(C(=O)c3nc(-c4ccccc4)n4c3CCCCC4)CC2)cc1. The molecule has 7 nitrogen and oxygen atoms in total. The summed E-state index contributed by atoms with van der Waals surface area (Å²) in [6, 6.07) is 16.9. The Balaban J connectivity index is 1.37. The lowest BCUT2D eigenvalue weighted by molar-refractivity contribution is 0.0691. The zero-order valence-electron chi connectivity index (χ0n) is 19.5. The summed E-state index contributed by atoms with van der Waals surface area (Å²) in [6.07, 6.45) is 4.09. The molecular weight excluding hydrogens is 448 g/mol. The van der Waals surface area contributed by atoms with Crippen molar-refractivity contribution in [2.24, 2.45) is 0 Å². The van der Waals surface area contributed by atoms with Crippen molar-refractivity contribution in [3.05, 3.63) is 71.5 Å². The Hall–Kier alpha value is -2.97. The number of fused-ring (bicyclic) bond motifs is 1. The van der Waals surface area contributed by atoms with E-state index in [0.29, 0.717) is 23.7 Å². The average Bonchev–Trinajstić information content (AvgIpc) is 3.05. The molecule has 1 fully saturated rings. The molecule has 0 bridgehead atoms. The lowest BCUT2D eigenvalue weighted by atomic mass is 10.1. The topological polar surface area (TPSA) is 75.5 Å². The third-order valence-corrected chi connectivity index (χ3v) is 8.70. The molecule has 178 valence electrons. The molecule has 2 aliphatic rings. The molecule has 3 aromatic rings. The number of amides is 1. The Morgan fingerprint density at radius 3 is 2.26 bits per heavy atom. The number of rotatable bonds is 4. The maximum absolute atomic E-state index is 13.6. The van der Waals surface area contributed by atoms with Crippen LogP contribution in [-0.2, 0) is 23.0 Å². The maximum Gasteiger partial charge on any atom is 0.274 e. The summed E-state index contributed by atoms with van der Waals surface area (Å²) in [5.74, 6) is 0.752. The van der Waals surface area contributed by atoms with Crippen LogP contribution in [0.2, 0.25) is 0 Å². The molecule has 5 rings (SSSR count). The number of hydrogen-bond acceptors (Lipinski definition) is 4. The summed E-state index contributed by atoms with van der Waals surface area (Å²) >= 11 is 0. The molecule has 0 atom stereocenters. The highest BCUT2D eigenvalue weighted by Gasteiger charge is 2.33. The standard InChI is InChI=1S/C26H30N4O3S/c1-20-11-13-22(14-12-20)34(32,33)29-18-16-28(17-19-29)26(31)24-23-10-6-3-7-15-30(23)25(27-24)21-8-4-2-5-9-21/h2,4-5,8-9,11-14H,3,6-7,10,15-19H2,1H3. The quantitative estimate of drug-likeness (QED) is 0.573. The highest BCUT2D eigenvalue weighted by molar-refractivity contribution is 7.89. The molecule has 1 amide bonds. The van der Waals surface area contributed by atoms with Crippen LogP contribution in [0.15, 0.2) is 59.5 Å². The van der Waals surface area contributed by atoms with E-state index < -0.39 is 10.0 Å². The van der Waals surface area contributed by atoms with Gasteiger partial charge in [-0.2, -0.15) is 4.31 Å². The fraction of sp³-hybridized carbons (Fsp3) is 0.385. The number of imidazole rings is 1. The molecule has 0 saturated carbocycles. The van der Waals surface area contributed by atoms with Crippen molar-refractivity contribution in [3.63, 3.8) is 0 Å². The van der Waals surface area contributed by atoms with Gasteiger partial charge in [0.1, 0.15) is 11.5 Å². The van der Waals surface area contributed by atoms with E-state index in [-0.39, 0.29) is 19.0 Å². The molecule has 0 aliphatic carbocycles. The van der Waals surface area contributed by atoms with Gasteiger partial charge in [0.15, 0.2) is 0 Å². The van der Waals surface area contributed by atoms with Crippen LogP contribution >= 0.6 is 0 Å². The van der Waals surface area contributed by atoms with Crippen molar-refractivity contribution in [2.75, 3.05) is 26.2 Å². The van der Waals surface area contributed by atoms with Crippen LogP contribution in [-0.4, -0.2) is 59.3 Å². The van der Waals surface area contributed by atoms with Gasteiger partial charge in [-0.25, -0.2) is 13.4 Å². The van der Waals surface area contributed by atoms with E-state index in [9.17, 15) is 13.2 Å². The molecule has 0 radical (unpaired) electrons. The van der Waals surface area contributed by atoms with Crippen LogP contribution in [0.3, 0.4) is 0 Å². The van der Waals surface area contributed by atoms with Gasteiger partial charge in [0, 0.05) is 38.3 Å². The first-order chi connectivity index (χ1) is 16.4. The predicted octanol–water partition coefficient (Wildman–Crippen LogP) is 3.73. The number of aromatic nitrogens is 2. The van der Waals surface area contributed by atoms with E-state index in [2.05, 4.69) is 4.57 Å². The monoisotopic (exact) mass is 478 g/mol. The van der Waals surface area contributed by atoms with Crippen LogP contribution < -0.4 is 0 Å². The van der Waals surface area contributed by atoms with Gasteiger partial charge in [0.2, 0.25) is 10.0 Å². The van der Waals surface area contributed by atoms with Crippen LogP contribution in [0, 0.1) is 6.92 Å². The van der Waals surface area contributed by atoms with Gasteiger partial charge in [-0.05, 0) is 38.3 Å². The van der Waals surface area contributed by atoms with E-state index in [1.807, 2.05) is 37.3 Å². The van der Waals surface area contributed by atoms with E-state index in [4.69, 9.17) is 4.98 Å². The van der Waals surface area contributed by atoms with E-state index in [0.717, 1.165) is 54.9 Å². The molecule has 2 aliphatic heterocycles. The second-order valence-corrected chi connectivity index (χ2v) is 11.0. The maximum atomic E-state index is 13.6. The molecule has 2 aromatic carbocycles. The zero-order chi connectivity index (χ0) is 23.7. The first-order valence-corrected chi connectivity index (χ1v) is 13.4. The molecule has 0 unspecified atom stereocenters. The van der Waals surface area contributed by atoms with Gasteiger partial charge in [-0.3, -0.25) is 4.79 Å². The Bertz CT molecular complexity index is 1280. The lowest BCUT2D eigenvalue weighted by Gasteiger charge is -2.33. The highest BCUT2D eigenvalue weighted by Crippen LogP contribution is 2.28. The smallest absolute Gasteiger partial charge is 0.274 e. The zero-order valence-corrected chi connectivity index (χ0v) is 20.3. The van der Waals surface area contributed by atoms with Crippen LogP contribution in [0.1, 0.15) is 41.0 Å². The Labute approximate surface area is 201 Å². The number of nitrogens with zero attached hydrogens (tertiary/aromatic N) is 4. The second-order valence-electron chi connectivity index (χ2n) is 9.07. The fourth-order valence-corrected chi connectivity index (χ4v) is 6.26. The van der Waals surface area contributed by atoms with Crippen molar-refractivity contribution in [1.82, 2.24) is 18.8 Å². The summed E-state index contributed by atoms with van der Waals surface area (Å²) in [5, 5.41) is 0. The van der Waals surface area contributed by atoms with Crippen LogP contribution in [0.4, 0.5) is 0 Å². The number of hydrogen-bond donors (Lipinski definition) is 0. The minimum atomic E-state index is -3.57. The third kappa shape index (κ3) is 4.28. The van der Waals surface area contributed by atoms with Gasteiger partial charge in [-0.1, -0.05) is 54.4 Å². The Morgan fingerprint density at radius 2 is 1.56 bits per heavy atom. The van der Waals surface area contributed by atoms with Crippen LogP contribution in [0.5, 0.6) is 0 Å². The average molecular weight is 479 g/mol. The van der Waals surface area contributed by atoms with Crippen molar-refractivity contribution in [2.45, 2.75) is 44.0 Å². The largest absolute Gasteiger partial charge is 0.335 e. The molecule has 0 N–H and O–H groups in total. The lowest BCUT2D eigenvalue weighted by Crippen LogP contribution is -2.50. The number of aryl methyl sites for hydroxylation is 1. The van der Waals surface area contributed by atoms with E-state index >= 15 is 0 Å². The predicted molar refractivity (Wildman–Crippen MR) is 131 cm³/mol. The van der Waals surface area contributed by atoms with Crippen molar-refractivity contribution in [1.29, 1.82) is 0 Å². The van der Waals surface area contributed by atoms with Gasteiger partial charge < -0.3 is 9.47 Å². The summed E-state index contributed by atoms with van der Waals surface area (Å²) in [6.45, 7) is 4.07. The van der Waals surface area contributed by atoms with Crippen molar-refractivity contribution in [3.8, 4) is 11.4 Å². The second kappa shape index (κ2) is 9.35. The molecule has 1 aromatic heterocycles. The summed E-state index contributed by atoms with van der Waals surface area (Å²) in [4.78, 5) is 20.5. The first kappa shape index (κ1) is 22.8. The Morgan fingerprint density at radius 1 is 0.853 bits per heavy atom. The summed E-state index contributed by atoms with van der Waals surface area (Å²) in [5.41, 5.74) is 3.56. The number of carbonyl (C=O) groups is 1. The molecule has 1 saturated heterocycles. The minimum absolute atomic E-state index is 0.0970. The number of sulfonamides is 1. The van der Waals surface area contributed by atoms with Gasteiger partial charge in [0.25, 0.3) is 5.91 Å². The highest BCUT2D eigenvalue weighted by atomic mass is 32.2.